The van der Waals surface area contributed by atoms with E-state index < -0.39 is 0 Å². The monoisotopic (exact) mass is 326 g/mol. The summed E-state index contributed by atoms with van der Waals surface area (Å²) in [7, 11) is 0. The number of hydrogen-bond donors (Lipinski definition) is 2. The van der Waals surface area contributed by atoms with Gasteiger partial charge in [-0.15, -0.1) is 0 Å². The highest BCUT2D eigenvalue weighted by Gasteiger charge is 2.24. The van der Waals surface area contributed by atoms with Gasteiger partial charge >= 0.3 is 0 Å². The van der Waals surface area contributed by atoms with E-state index in [1.54, 1.807) is 12.4 Å². The average Bonchev–Trinajstić information content (AvgIpc) is 2.88. The fourth-order valence-corrected chi connectivity index (χ4v) is 3.25. The first kappa shape index (κ1) is 15.7. The smallest absolute Gasteiger partial charge is 0.170 e. The van der Waals surface area contributed by atoms with Gasteiger partial charge in [-0.2, -0.15) is 0 Å². The van der Waals surface area contributed by atoms with Crippen LogP contribution < -0.4 is 15.5 Å². The molecule has 0 aliphatic carbocycles. The molecular formula is C18H22N4S. The third-order valence-electron chi connectivity index (χ3n) is 4.13. The Bertz CT molecular complexity index is 659. The van der Waals surface area contributed by atoms with Crippen molar-refractivity contribution in [3.8, 4) is 0 Å². The van der Waals surface area contributed by atoms with Crippen molar-refractivity contribution >= 4 is 28.7 Å². The molecule has 5 heteroatoms. The molecule has 4 nitrogen and oxygen atoms in total. The summed E-state index contributed by atoms with van der Waals surface area (Å²) in [6, 6.07) is 13.1. The summed E-state index contributed by atoms with van der Waals surface area (Å²) in [5.74, 6) is 0. The summed E-state index contributed by atoms with van der Waals surface area (Å²) in [6.07, 6.45) is 5.70. The molecule has 0 saturated heterocycles. The van der Waals surface area contributed by atoms with Crippen LogP contribution in [0.25, 0.3) is 0 Å². The topological polar surface area (TPSA) is 40.2 Å². The van der Waals surface area contributed by atoms with Crippen LogP contribution in [0, 0.1) is 0 Å². The Morgan fingerprint density at radius 3 is 3.00 bits per heavy atom. The lowest BCUT2D eigenvalue weighted by Crippen LogP contribution is -2.34. The molecule has 2 N–H and O–H groups in total. The fourth-order valence-electron chi connectivity index (χ4n) is 3.03. The van der Waals surface area contributed by atoms with Gasteiger partial charge in [-0.25, -0.2) is 0 Å². The van der Waals surface area contributed by atoms with Crippen molar-refractivity contribution in [1.29, 1.82) is 0 Å². The van der Waals surface area contributed by atoms with Crippen LogP contribution in [0.4, 0.5) is 11.4 Å². The van der Waals surface area contributed by atoms with Crippen molar-refractivity contribution in [2.45, 2.75) is 25.8 Å². The van der Waals surface area contributed by atoms with Crippen molar-refractivity contribution in [1.82, 2.24) is 10.3 Å². The molecule has 1 atom stereocenters. The van der Waals surface area contributed by atoms with E-state index in [9.17, 15) is 0 Å². The summed E-state index contributed by atoms with van der Waals surface area (Å²) < 4.78 is 0. The molecule has 0 saturated carbocycles. The van der Waals surface area contributed by atoms with Crippen LogP contribution in [0.2, 0.25) is 0 Å². The summed E-state index contributed by atoms with van der Waals surface area (Å²) >= 11 is 5.31. The number of nitrogens with one attached hydrogen (secondary N) is 2. The average molecular weight is 326 g/mol. The second-order valence-electron chi connectivity index (χ2n) is 5.85. The Kier molecular flexibility index (Phi) is 5.08. The Labute approximate surface area is 142 Å². The van der Waals surface area contributed by atoms with E-state index >= 15 is 0 Å². The molecule has 1 aromatic carbocycles. The van der Waals surface area contributed by atoms with Crippen molar-refractivity contribution in [2.75, 3.05) is 23.3 Å². The maximum absolute atomic E-state index is 5.31. The molecule has 1 aromatic heterocycles. The van der Waals surface area contributed by atoms with E-state index in [-0.39, 0.29) is 0 Å². The number of fused-ring (bicyclic) bond motifs is 1. The summed E-state index contributed by atoms with van der Waals surface area (Å²) in [6.45, 7) is 4.19. The zero-order valence-corrected chi connectivity index (χ0v) is 14.1. The third kappa shape index (κ3) is 3.99. The molecule has 23 heavy (non-hydrogen) atoms. The zero-order chi connectivity index (χ0) is 16.1. The van der Waals surface area contributed by atoms with E-state index in [0.29, 0.717) is 11.2 Å². The number of hydrogen-bond acceptors (Lipinski definition) is 3. The van der Waals surface area contributed by atoms with Crippen molar-refractivity contribution in [2.24, 2.45) is 0 Å². The lowest BCUT2D eigenvalue weighted by atomic mass is 10.1. The number of aromatic nitrogens is 1. The van der Waals surface area contributed by atoms with Gasteiger partial charge < -0.3 is 15.5 Å². The maximum Gasteiger partial charge on any atom is 0.170 e. The number of pyridine rings is 1. The van der Waals surface area contributed by atoms with E-state index in [2.05, 4.69) is 51.7 Å². The maximum atomic E-state index is 5.31. The van der Waals surface area contributed by atoms with Crippen molar-refractivity contribution in [3.05, 3.63) is 54.4 Å². The minimum absolute atomic E-state index is 0.577. The Morgan fingerprint density at radius 2 is 2.17 bits per heavy atom. The number of thiocarbonyl (C=S) groups is 1. The van der Waals surface area contributed by atoms with Gasteiger partial charge in [0.15, 0.2) is 5.11 Å². The third-order valence-corrected chi connectivity index (χ3v) is 4.38. The molecule has 120 valence electrons. The predicted molar refractivity (Wildman–Crippen MR) is 100 cm³/mol. The van der Waals surface area contributed by atoms with E-state index in [0.717, 1.165) is 31.6 Å². The van der Waals surface area contributed by atoms with Gasteiger partial charge in [0.2, 0.25) is 0 Å². The predicted octanol–water partition coefficient (Wildman–Crippen LogP) is 3.21. The second kappa shape index (κ2) is 7.42. The Hall–Kier alpha value is -2.14. The van der Waals surface area contributed by atoms with Crippen LogP contribution in [0.5, 0.6) is 0 Å². The van der Waals surface area contributed by atoms with Gasteiger partial charge in [0.25, 0.3) is 0 Å². The molecule has 1 aliphatic rings. The van der Waals surface area contributed by atoms with Crippen LogP contribution in [-0.4, -0.2) is 29.2 Å². The Balaban J connectivity index is 1.43. The van der Waals surface area contributed by atoms with E-state index in [1.165, 1.54) is 11.3 Å². The van der Waals surface area contributed by atoms with Crippen LogP contribution in [0.15, 0.2) is 48.8 Å². The lowest BCUT2D eigenvalue weighted by Gasteiger charge is -2.25. The minimum atomic E-state index is 0.577. The normalized spacial score (nSPS) is 16.0. The summed E-state index contributed by atoms with van der Waals surface area (Å²) in [5.41, 5.74) is 3.75. The number of rotatable bonds is 5. The molecule has 0 amide bonds. The zero-order valence-electron chi connectivity index (χ0n) is 13.3. The molecular weight excluding hydrogens is 304 g/mol. The molecule has 2 aromatic rings. The van der Waals surface area contributed by atoms with Crippen LogP contribution in [-0.2, 0) is 6.42 Å². The number of nitrogens with zero attached hydrogens (tertiary/aromatic N) is 2. The molecule has 0 radical (unpaired) electrons. The molecule has 3 rings (SSSR count). The number of anilines is 2. The quantitative estimate of drug-likeness (QED) is 0.652. The minimum Gasteiger partial charge on any atom is -0.368 e. The Morgan fingerprint density at radius 1 is 1.30 bits per heavy atom. The number of para-hydroxylation sites is 1. The fraction of sp³-hybridized carbons (Fsp3) is 0.333. The van der Waals surface area contributed by atoms with Crippen LogP contribution in [0.3, 0.4) is 0 Å². The van der Waals surface area contributed by atoms with Crippen molar-refractivity contribution < 1.29 is 0 Å². The standard InChI is InChI=1S/C18H22N4S/c1-14-12-15-6-2-3-8-17(15)22(14)11-5-10-20-18(23)21-16-7-4-9-19-13-16/h2-4,6-9,13-14H,5,10-12H2,1H3,(H2,20,21,23)/t14-/m1/s1. The number of benzene rings is 1. The van der Waals surface area contributed by atoms with Gasteiger partial charge in [-0.1, -0.05) is 18.2 Å². The van der Waals surface area contributed by atoms with Crippen LogP contribution >= 0.6 is 12.2 Å². The first-order chi connectivity index (χ1) is 11.2. The molecule has 0 bridgehead atoms. The van der Waals surface area contributed by atoms with Crippen LogP contribution in [0.1, 0.15) is 18.9 Å². The van der Waals surface area contributed by atoms with E-state index in [4.69, 9.17) is 12.2 Å². The largest absolute Gasteiger partial charge is 0.368 e. The van der Waals surface area contributed by atoms with Gasteiger partial charge in [0.05, 0.1) is 11.9 Å². The highest BCUT2D eigenvalue weighted by Crippen LogP contribution is 2.31. The van der Waals surface area contributed by atoms with Gasteiger partial charge in [-0.3, -0.25) is 4.98 Å². The van der Waals surface area contributed by atoms with E-state index in [1.807, 2.05) is 12.1 Å². The molecule has 0 fully saturated rings. The molecule has 0 unspecified atom stereocenters. The van der Waals surface area contributed by atoms with Gasteiger partial charge in [0.1, 0.15) is 0 Å². The summed E-state index contributed by atoms with van der Waals surface area (Å²) in [5, 5.41) is 7.04. The van der Waals surface area contributed by atoms with Gasteiger partial charge in [0, 0.05) is 31.0 Å². The highest BCUT2D eigenvalue weighted by atomic mass is 32.1. The SMILES string of the molecule is C[C@@H]1Cc2ccccc2N1CCCNC(=S)Nc1cccnc1. The second-order valence-corrected chi connectivity index (χ2v) is 6.26. The molecule has 0 spiro atoms. The molecule has 1 aliphatic heterocycles. The highest BCUT2D eigenvalue weighted by molar-refractivity contribution is 7.80. The molecule has 2 heterocycles. The first-order valence-corrected chi connectivity index (χ1v) is 8.44. The van der Waals surface area contributed by atoms with Gasteiger partial charge in [-0.05, 0) is 55.7 Å². The van der Waals surface area contributed by atoms with Crippen molar-refractivity contribution in [3.63, 3.8) is 0 Å². The lowest BCUT2D eigenvalue weighted by molar-refractivity contribution is 0.641. The first-order valence-electron chi connectivity index (χ1n) is 8.03. The summed E-state index contributed by atoms with van der Waals surface area (Å²) in [4.78, 5) is 6.55.